The molecule has 3 aromatic rings. The predicted octanol–water partition coefficient (Wildman–Crippen LogP) is 4.54. The molecule has 0 aliphatic rings. The predicted molar refractivity (Wildman–Crippen MR) is 117 cm³/mol. The number of nitrogens with zero attached hydrogens (tertiary/aromatic N) is 2. The first-order valence-electron chi connectivity index (χ1n) is 9.37. The van der Waals surface area contributed by atoms with Crippen molar-refractivity contribution in [2.24, 2.45) is 0 Å². The molecular weight excluding hydrogens is 410 g/mol. The number of halogens is 1. The normalized spacial score (nSPS) is 11.8. The van der Waals surface area contributed by atoms with E-state index < -0.39 is 10.0 Å². The number of ether oxygens (including phenoxy) is 1. The second-order valence-electron chi connectivity index (χ2n) is 6.44. The molecular formula is C21H24ClN3O3S. The zero-order valence-corrected chi connectivity index (χ0v) is 18.2. The number of para-hydroxylation sites is 1. The zero-order chi connectivity index (χ0) is 21.0. The summed E-state index contributed by atoms with van der Waals surface area (Å²) in [5.74, 6) is 0.549. The maximum absolute atomic E-state index is 12.8. The minimum atomic E-state index is -3.57. The van der Waals surface area contributed by atoms with Crippen molar-refractivity contribution in [2.45, 2.75) is 25.3 Å². The molecule has 1 N–H and O–H groups in total. The Balaban J connectivity index is 1.92. The van der Waals surface area contributed by atoms with Crippen LogP contribution in [-0.4, -0.2) is 37.9 Å². The van der Waals surface area contributed by atoms with Crippen molar-refractivity contribution in [1.29, 1.82) is 0 Å². The number of anilines is 1. The molecule has 3 rings (SSSR count). The lowest BCUT2D eigenvalue weighted by Gasteiger charge is -2.20. The van der Waals surface area contributed by atoms with Crippen LogP contribution in [0.1, 0.15) is 19.4 Å². The van der Waals surface area contributed by atoms with Gasteiger partial charge >= 0.3 is 0 Å². The van der Waals surface area contributed by atoms with Gasteiger partial charge in [-0.2, -0.15) is 4.31 Å². The van der Waals surface area contributed by atoms with Crippen LogP contribution >= 0.6 is 11.6 Å². The van der Waals surface area contributed by atoms with Gasteiger partial charge in [-0.25, -0.2) is 13.4 Å². The number of pyridine rings is 1. The zero-order valence-electron chi connectivity index (χ0n) is 16.6. The smallest absolute Gasteiger partial charge is 0.243 e. The van der Waals surface area contributed by atoms with Crippen LogP contribution in [-0.2, 0) is 16.6 Å². The molecule has 8 heteroatoms. The van der Waals surface area contributed by atoms with E-state index >= 15 is 0 Å². The highest BCUT2D eigenvalue weighted by atomic mass is 35.5. The molecule has 0 unspecified atom stereocenters. The molecule has 1 aromatic heterocycles. The number of methoxy groups -OCH3 is 1. The Hall–Kier alpha value is -2.35. The van der Waals surface area contributed by atoms with Crippen molar-refractivity contribution >= 4 is 38.2 Å². The molecule has 0 amide bonds. The van der Waals surface area contributed by atoms with Crippen molar-refractivity contribution in [3.8, 4) is 5.75 Å². The van der Waals surface area contributed by atoms with Gasteiger partial charge in [0.15, 0.2) is 0 Å². The van der Waals surface area contributed by atoms with Gasteiger partial charge in [0, 0.05) is 30.6 Å². The summed E-state index contributed by atoms with van der Waals surface area (Å²) in [4.78, 5) is 4.64. The number of hydrogen-bond donors (Lipinski definition) is 1. The summed E-state index contributed by atoms with van der Waals surface area (Å²) in [6.45, 7) is 4.83. The Kier molecular flexibility index (Phi) is 6.62. The fourth-order valence-electron chi connectivity index (χ4n) is 3.15. The lowest BCUT2D eigenvalue weighted by molar-refractivity contribution is 0.415. The molecule has 6 nitrogen and oxygen atoms in total. The fraction of sp³-hybridized carbons (Fsp3) is 0.286. The van der Waals surface area contributed by atoms with Gasteiger partial charge in [0.05, 0.1) is 23.2 Å². The molecule has 0 spiro atoms. The second-order valence-corrected chi connectivity index (χ2v) is 8.73. The van der Waals surface area contributed by atoms with Crippen molar-refractivity contribution < 1.29 is 13.2 Å². The third-order valence-electron chi connectivity index (χ3n) is 4.73. The van der Waals surface area contributed by atoms with E-state index in [2.05, 4.69) is 10.3 Å². The van der Waals surface area contributed by atoms with Gasteiger partial charge in [-0.05, 0) is 30.3 Å². The van der Waals surface area contributed by atoms with Crippen molar-refractivity contribution in [3.63, 3.8) is 0 Å². The maximum Gasteiger partial charge on any atom is 0.243 e. The number of aromatic nitrogens is 1. The van der Waals surface area contributed by atoms with Crippen LogP contribution in [0.3, 0.4) is 0 Å². The summed E-state index contributed by atoms with van der Waals surface area (Å²) in [5, 5.41) is 4.63. The molecule has 2 aromatic carbocycles. The van der Waals surface area contributed by atoms with Crippen LogP contribution in [0.25, 0.3) is 10.9 Å². The van der Waals surface area contributed by atoms with Crippen molar-refractivity contribution in [3.05, 3.63) is 59.2 Å². The lowest BCUT2D eigenvalue weighted by Crippen LogP contribution is -2.30. The standard InChI is InChI=1S/C21H24ClN3O3S/c1-4-25(5-2)29(26,27)17-10-11-20(28-3)19(13-17)23-14-16-12-15-8-6-7-9-18(15)24-21(16)22/h6-13,23H,4-5,14H2,1-3H3. The summed E-state index contributed by atoms with van der Waals surface area (Å²) in [6, 6.07) is 14.5. The van der Waals surface area contributed by atoms with Crippen LogP contribution in [0.2, 0.25) is 5.15 Å². The van der Waals surface area contributed by atoms with E-state index in [9.17, 15) is 8.42 Å². The van der Waals surface area contributed by atoms with Gasteiger partial charge in [0.25, 0.3) is 0 Å². The molecule has 1 heterocycles. The van der Waals surface area contributed by atoms with E-state index in [1.165, 1.54) is 4.31 Å². The number of rotatable bonds is 8. The molecule has 0 saturated heterocycles. The minimum absolute atomic E-state index is 0.215. The lowest BCUT2D eigenvalue weighted by atomic mass is 10.1. The van der Waals surface area contributed by atoms with Gasteiger partial charge in [0.2, 0.25) is 10.0 Å². The van der Waals surface area contributed by atoms with Crippen molar-refractivity contribution in [2.75, 3.05) is 25.5 Å². The number of hydrogen-bond acceptors (Lipinski definition) is 5. The van der Waals surface area contributed by atoms with E-state index in [4.69, 9.17) is 16.3 Å². The quantitative estimate of drug-likeness (QED) is 0.528. The SMILES string of the molecule is CCN(CC)S(=O)(=O)c1ccc(OC)c(NCc2cc3ccccc3nc2Cl)c1. The van der Waals surface area contributed by atoms with Gasteiger partial charge in [-0.15, -0.1) is 0 Å². The topological polar surface area (TPSA) is 71.5 Å². The number of nitrogens with one attached hydrogen (secondary N) is 1. The Morgan fingerprint density at radius 1 is 1.10 bits per heavy atom. The average Bonchev–Trinajstić information content (AvgIpc) is 2.72. The molecule has 0 aliphatic heterocycles. The van der Waals surface area contributed by atoms with Crippen LogP contribution < -0.4 is 10.1 Å². The Morgan fingerprint density at radius 2 is 1.83 bits per heavy atom. The van der Waals surface area contributed by atoms with Gasteiger partial charge in [-0.1, -0.05) is 43.6 Å². The molecule has 0 radical (unpaired) electrons. The Labute approximate surface area is 176 Å². The third-order valence-corrected chi connectivity index (χ3v) is 7.11. The van der Waals surface area contributed by atoms with Crippen LogP contribution in [0.15, 0.2) is 53.4 Å². The number of sulfonamides is 1. The highest BCUT2D eigenvalue weighted by Crippen LogP contribution is 2.30. The van der Waals surface area contributed by atoms with Crippen molar-refractivity contribution in [1.82, 2.24) is 9.29 Å². The molecule has 0 saturated carbocycles. The first kappa shape index (κ1) is 21.4. The largest absolute Gasteiger partial charge is 0.495 e. The van der Waals surface area contributed by atoms with E-state index in [0.717, 1.165) is 16.5 Å². The van der Waals surface area contributed by atoms with Gasteiger partial charge < -0.3 is 10.1 Å². The fourth-order valence-corrected chi connectivity index (χ4v) is 4.85. The summed E-state index contributed by atoms with van der Waals surface area (Å²) in [5.41, 5.74) is 2.21. The van der Waals surface area contributed by atoms with E-state index in [1.807, 2.05) is 44.2 Å². The van der Waals surface area contributed by atoms with E-state index in [0.29, 0.717) is 36.2 Å². The first-order valence-corrected chi connectivity index (χ1v) is 11.2. The summed E-state index contributed by atoms with van der Waals surface area (Å²) < 4.78 is 32.5. The molecule has 154 valence electrons. The number of fused-ring (bicyclic) bond motifs is 1. The van der Waals surface area contributed by atoms with E-state index in [1.54, 1.807) is 25.3 Å². The molecule has 0 bridgehead atoms. The third kappa shape index (κ3) is 4.47. The van der Waals surface area contributed by atoms with E-state index in [-0.39, 0.29) is 4.90 Å². The highest BCUT2D eigenvalue weighted by molar-refractivity contribution is 7.89. The van der Waals surface area contributed by atoms with Gasteiger partial charge in [-0.3, -0.25) is 0 Å². The average molecular weight is 434 g/mol. The molecule has 29 heavy (non-hydrogen) atoms. The Morgan fingerprint density at radius 3 is 2.52 bits per heavy atom. The first-order chi connectivity index (χ1) is 13.9. The maximum atomic E-state index is 12.8. The molecule has 0 fully saturated rings. The summed E-state index contributed by atoms with van der Waals surface area (Å²) in [6.07, 6.45) is 0. The summed E-state index contributed by atoms with van der Waals surface area (Å²) in [7, 11) is -2.02. The summed E-state index contributed by atoms with van der Waals surface area (Å²) >= 11 is 6.34. The highest BCUT2D eigenvalue weighted by Gasteiger charge is 2.23. The van der Waals surface area contributed by atoms with Crippen LogP contribution in [0, 0.1) is 0 Å². The minimum Gasteiger partial charge on any atom is -0.495 e. The Bertz CT molecular complexity index is 1120. The molecule has 0 atom stereocenters. The van der Waals surface area contributed by atoms with Gasteiger partial charge in [0.1, 0.15) is 10.9 Å². The second kappa shape index (κ2) is 8.98. The number of benzene rings is 2. The van der Waals surface area contributed by atoms with Crippen LogP contribution in [0.5, 0.6) is 5.75 Å². The molecule has 0 aliphatic carbocycles. The van der Waals surface area contributed by atoms with Crippen LogP contribution in [0.4, 0.5) is 5.69 Å². The monoisotopic (exact) mass is 433 g/mol.